The number of carbonyl (C=O) groups excluding carboxylic acids is 2. The number of hydrogen-bond acceptors (Lipinski definition) is 5. The molecule has 172 valence electrons. The Bertz CT molecular complexity index is 1130. The van der Waals surface area contributed by atoms with Crippen LogP contribution in [0.25, 0.3) is 11.5 Å². The van der Waals surface area contributed by atoms with E-state index in [4.69, 9.17) is 4.42 Å². The van der Waals surface area contributed by atoms with Gasteiger partial charge < -0.3 is 19.7 Å². The van der Waals surface area contributed by atoms with Gasteiger partial charge >= 0.3 is 0 Å². The number of amides is 2. The van der Waals surface area contributed by atoms with E-state index in [9.17, 15) is 19.1 Å². The number of halogens is 2. The zero-order valence-corrected chi connectivity index (χ0v) is 19.9. The van der Waals surface area contributed by atoms with Gasteiger partial charge in [-0.2, -0.15) is 0 Å². The second-order valence-electron chi connectivity index (χ2n) is 7.86. The Morgan fingerprint density at radius 1 is 1.21 bits per heavy atom. The van der Waals surface area contributed by atoms with Crippen molar-refractivity contribution in [2.45, 2.75) is 31.7 Å². The standard InChI is InChI=1S/C24H23FIN3O4/c25-21(15-4-2-1-3-5-15)22(31)27-13-17-7-6-16(12-19(17)26)23-28-20(14-33-23)24(32)29-10-8-18(30)9-11-29/h1-7,12,14,18,21,30H,8-11,13H2,(H,27,31). The molecule has 1 atom stereocenters. The van der Waals surface area contributed by atoms with Gasteiger partial charge in [-0.25, -0.2) is 9.37 Å². The van der Waals surface area contributed by atoms with E-state index in [-0.39, 0.29) is 24.2 Å². The minimum absolute atomic E-state index is 0.181. The van der Waals surface area contributed by atoms with Crippen LogP contribution in [0.2, 0.25) is 0 Å². The van der Waals surface area contributed by atoms with E-state index in [2.05, 4.69) is 32.9 Å². The van der Waals surface area contributed by atoms with E-state index in [0.29, 0.717) is 42.9 Å². The Morgan fingerprint density at radius 3 is 2.64 bits per heavy atom. The maximum atomic E-state index is 14.4. The highest BCUT2D eigenvalue weighted by molar-refractivity contribution is 14.1. The molecule has 33 heavy (non-hydrogen) atoms. The van der Waals surface area contributed by atoms with E-state index in [1.165, 1.54) is 6.26 Å². The Kier molecular flexibility index (Phi) is 7.39. The minimum atomic E-state index is -1.73. The number of aliphatic hydroxyl groups is 1. The maximum Gasteiger partial charge on any atom is 0.275 e. The summed E-state index contributed by atoms with van der Waals surface area (Å²) in [6.07, 6.45) is 0.368. The van der Waals surface area contributed by atoms with Crippen LogP contribution >= 0.6 is 22.6 Å². The lowest BCUT2D eigenvalue weighted by atomic mass is 10.1. The third-order valence-corrected chi connectivity index (χ3v) is 6.55. The molecule has 2 aromatic carbocycles. The first-order valence-electron chi connectivity index (χ1n) is 10.6. The van der Waals surface area contributed by atoms with E-state index in [0.717, 1.165) is 9.13 Å². The maximum absolute atomic E-state index is 14.4. The number of piperidine rings is 1. The van der Waals surface area contributed by atoms with Gasteiger partial charge in [0.05, 0.1) is 6.10 Å². The van der Waals surface area contributed by atoms with Crippen molar-refractivity contribution in [3.8, 4) is 11.5 Å². The van der Waals surface area contributed by atoms with Crippen LogP contribution in [-0.4, -0.2) is 46.0 Å². The molecule has 0 spiro atoms. The van der Waals surface area contributed by atoms with Gasteiger partial charge in [0, 0.05) is 28.8 Å². The van der Waals surface area contributed by atoms with Crippen molar-refractivity contribution < 1.29 is 23.5 Å². The fourth-order valence-electron chi connectivity index (χ4n) is 3.60. The summed E-state index contributed by atoms with van der Waals surface area (Å²) in [5, 5.41) is 12.2. The van der Waals surface area contributed by atoms with E-state index < -0.39 is 12.1 Å². The normalized spacial score (nSPS) is 15.3. The van der Waals surface area contributed by atoms with Crippen LogP contribution in [0.4, 0.5) is 4.39 Å². The molecule has 1 aliphatic rings. The van der Waals surface area contributed by atoms with E-state index >= 15 is 0 Å². The first kappa shape index (κ1) is 23.4. The molecule has 1 aromatic heterocycles. The molecule has 2 heterocycles. The third kappa shape index (κ3) is 5.59. The number of oxazole rings is 1. The van der Waals surface area contributed by atoms with Crippen LogP contribution in [0.15, 0.2) is 59.2 Å². The second-order valence-corrected chi connectivity index (χ2v) is 9.02. The van der Waals surface area contributed by atoms with Crippen molar-refractivity contribution in [1.29, 1.82) is 0 Å². The molecule has 9 heteroatoms. The number of benzene rings is 2. The van der Waals surface area contributed by atoms with Crippen LogP contribution in [0.1, 0.15) is 40.6 Å². The molecular weight excluding hydrogens is 540 g/mol. The van der Waals surface area contributed by atoms with Crippen molar-refractivity contribution in [2.24, 2.45) is 0 Å². The number of nitrogens with zero attached hydrogens (tertiary/aromatic N) is 2. The van der Waals surface area contributed by atoms with Crippen LogP contribution in [0, 0.1) is 3.57 Å². The average molecular weight is 563 g/mol. The quantitative estimate of drug-likeness (QED) is 0.445. The molecule has 3 aromatic rings. The fraction of sp³-hybridized carbons (Fsp3) is 0.292. The summed E-state index contributed by atoms with van der Waals surface area (Å²) >= 11 is 2.13. The first-order chi connectivity index (χ1) is 15.9. The number of rotatable bonds is 6. The summed E-state index contributed by atoms with van der Waals surface area (Å²) in [6, 6.07) is 13.7. The van der Waals surface area contributed by atoms with Gasteiger partial charge in [0.25, 0.3) is 11.8 Å². The van der Waals surface area contributed by atoms with Crippen LogP contribution < -0.4 is 5.32 Å². The van der Waals surface area contributed by atoms with Gasteiger partial charge in [-0.05, 0) is 58.7 Å². The number of nitrogens with one attached hydrogen (secondary N) is 1. The van der Waals surface area contributed by atoms with Crippen molar-refractivity contribution in [3.05, 3.63) is 75.2 Å². The summed E-state index contributed by atoms with van der Waals surface area (Å²) in [4.78, 5) is 30.8. The van der Waals surface area contributed by atoms with E-state index in [1.807, 2.05) is 12.1 Å². The molecule has 7 nitrogen and oxygen atoms in total. The molecular formula is C24H23FIN3O4. The molecule has 0 aliphatic carbocycles. The Labute approximate surface area is 204 Å². The van der Waals surface area contributed by atoms with Gasteiger partial charge in [0.2, 0.25) is 12.1 Å². The highest BCUT2D eigenvalue weighted by Gasteiger charge is 2.25. The minimum Gasteiger partial charge on any atom is -0.444 e. The summed E-state index contributed by atoms with van der Waals surface area (Å²) in [7, 11) is 0. The molecule has 2 N–H and O–H groups in total. The monoisotopic (exact) mass is 563 g/mol. The van der Waals surface area contributed by atoms with Crippen LogP contribution in [-0.2, 0) is 11.3 Å². The third-order valence-electron chi connectivity index (χ3n) is 5.55. The lowest BCUT2D eigenvalue weighted by molar-refractivity contribution is -0.126. The highest BCUT2D eigenvalue weighted by Crippen LogP contribution is 2.25. The molecule has 0 radical (unpaired) electrons. The van der Waals surface area contributed by atoms with Crippen molar-refractivity contribution in [1.82, 2.24) is 15.2 Å². The largest absolute Gasteiger partial charge is 0.444 e. The van der Waals surface area contributed by atoms with Crippen molar-refractivity contribution >= 4 is 34.4 Å². The molecule has 2 amide bonds. The first-order valence-corrected chi connectivity index (χ1v) is 11.7. The van der Waals surface area contributed by atoms with Crippen molar-refractivity contribution in [2.75, 3.05) is 13.1 Å². The number of likely N-dealkylation sites (tertiary alicyclic amines) is 1. The Morgan fingerprint density at radius 2 is 1.94 bits per heavy atom. The van der Waals surface area contributed by atoms with E-state index in [1.54, 1.807) is 41.3 Å². The van der Waals surface area contributed by atoms with Crippen LogP contribution in [0.3, 0.4) is 0 Å². The van der Waals surface area contributed by atoms with Crippen molar-refractivity contribution in [3.63, 3.8) is 0 Å². The molecule has 1 aliphatic heterocycles. The van der Waals surface area contributed by atoms with Gasteiger partial charge in [-0.15, -0.1) is 0 Å². The van der Waals surface area contributed by atoms with Gasteiger partial charge in [-0.3, -0.25) is 9.59 Å². The summed E-state index contributed by atoms with van der Waals surface area (Å²) in [5.41, 5.74) is 2.05. The molecule has 4 rings (SSSR count). The average Bonchev–Trinajstić information content (AvgIpc) is 3.33. The molecule has 1 unspecified atom stereocenters. The summed E-state index contributed by atoms with van der Waals surface area (Å²) < 4.78 is 20.7. The number of carbonyl (C=O) groups is 2. The predicted molar refractivity (Wildman–Crippen MR) is 128 cm³/mol. The van der Waals surface area contributed by atoms with Crippen LogP contribution in [0.5, 0.6) is 0 Å². The van der Waals surface area contributed by atoms with Gasteiger partial charge in [-0.1, -0.05) is 36.4 Å². The predicted octanol–water partition coefficient (Wildman–Crippen LogP) is 3.87. The lowest BCUT2D eigenvalue weighted by Crippen LogP contribution is -2.40. The lowest BCUT2D eigenvalue weighted by Gasteiger charge is -2.28. The number of alkyl halides is 1. The van der Waals surface area contributed by atoms with Gasteiger partial charge in [0.15, 0.2) is 5.69 Å². The molecule has 1 saturated heterocycles. The number of aliphatic hydroxyl groups excluding tert-OH is 1. The SMILES string of the molecule is O=C(NCc1ccc(-c2nc(C(=O)N3CCC(O)CC3)co2)cc1I)C(F)c1ccccc1. The smallest absolute Gasteiger partial charge is 0.275 e. The zero-order chi connectivity index (χ0) is 23.4. The Hall–Kier alpha value is -2.79. The highest BCUT2D eigenvalue weighted by atomic mass is 127. The molecule has 1 fully saturated rings. The summed E-state index contributed by atoms with van der Waals surface area (Å²) in [6.45, 7) is 1.16. The number of hydrogen-bond donors (Lipinski definition) is 2. The number of aromatic nitrogens is 1. The molecule has 0 bridgehead atoms. The second kappa shape index (κ2) is 10.4. The Balaban J connectivity index is 1.39. The topological polar surface area (TPSA) is 95.7 Å². The zero-order valence-electron chi connectivity index (χ0n) is 17.7. The fourth-order valence-corrected chi connectivity index (χ4v) is 4.31. The summed E-state index contributed by atoms with van der Waals surface area (Å²) in [5.74, 6) is -0.593. The molecule has 0 saturated carbocycles. The van der Waals surface area contributed by atoms with Gasteiger partial charge in [0.1, 0.15) is 6.26 Å².